The van der Waals surface area contributed by atoms with Gasteiger partial charge in [-0.25, -0.2) is 4.98 Å². The summed E-state index contributed by atoms with van der Waals surface area (Å²) in [6, 6.07) is 6.68. The van der Waals surface area contributed by atoms with E-state index in [-0.39, 0.29) is 12.5 Å². The van der Waals surface area contributed by atoms with E-state index in [1.807, 2.05) is 18.3 Å². The predicted octanol–water partition coefficient (Wildman–Crippen LogP) is 1.76. The number of pyridine rings is 1. The van der Waals surface area contributed by atoms with Gasteiger partial charge < -0.3 is 20.0 Å². The molecule has 5 nitrogen and oxygen atoms in total. The minimum atomic E-state index is 0.130. The molecule has 1 aromatic heterocycles. The molecule has 0 bridgehead atoms. The fourth-order valence-corrected chi connectivity index (χ4v) is 4.10. The van der Waals surface area contributed by atoms with Gasteiger partial charge in [0.2, 0.25) is 5.88 Å². The van der Waals surface area contributed by atoms with Crippen molar-refractivity contribution in [2.45, 2.75) is 25.3 Å². The second-order valence-electron chi connectivity index (χ2n) is 6.55. The zero-order valence-corrected chi connectivity index (χ0v) is 13.3. The van der Waals surface area contributed by atoms with Crippen LogP contribution in [0.3, 0.4) is 0 Å². The number of β-amino-alcohol motifs (C(OH)–C–C–N with tert-alkyl or cyclic N) is 1. The van der Waals surface area contributed by atoms with Gasteiger partial charge in [-0.05, 0) is 37.0 Å². The lowest BCUT2D eigenvalue weighted by molar-refractivity contribution is 0.163. The van der Waals surface area contributed by atoms with E-state index in [0.717, 1.165) is 50.8 Å². The van der Waals surface area contributed by atoms with Crippen molar-refractivity contribution >= 4 is 16.5 Å². The largest absolute Gasteiger partial charge is 0.493 e. The molecule has 1 aromatic carbocycles. The maximum Gasteiger partial charge on any atom is 0.218 e. The summed E-state index contributed by atoms with van der Waals surface area (Å²) < 4.78 is 0. The van der Waals surface area contributed by atoms with Crippen molar-refractivity contribution in [3.8, 4) is 5.88 Å². The summed E-state index contributed by atoms with van der Waals surface area (Å²) in [6.45, 7) is 4.14. The van der Waals surface area contributed by atoms with Crippen molar-refractivity contribution in [1.29, 1.82) is 0 Å². The zero-order valence-electron chi connectivity index (χ0n) is 13.3. The molecule has 0 atom stereocenters. The molecule has 0 amide bonds. The second kappa shape index (κ2) is 5.98. The summed E-state index contributed by atoms with van der Waals surface area (Å²) in [5.74, 6) is 0.130. The molecule has 2 N–H and O–H groups in total. The van der Waals surface area contributed by atoms with E-state index in [4.69, 9.17) is 5.11 Å². The van der Waals surface area contributed by atoms with Gasteiger partial charge in [0.05, 0.1) is 6.61 Å². The van der Waals surface area contributed by atoms with E-state index >= 15 is 0 Å². The average Bonchev–Trinajstić information content (AvgIpc) is 2.59. The summed E-state index contributed by atoms with van der Waals surface area (Å²) in [7, 11) is 0. The number of aromatic hydroxyl groups is 1. The number of aromatic nitrogens is 1. The molecule has 2 aliphatic rings. The second-order valence-corrected chi connectivity index (χ2v) is 6.55. The molecule has 2 aliphatic heterocycles. The van der Waals surface area contributed by atoms with Crippen LogP contribution in [-0.2, 0) is 6.42 Å². The Balaban J connectivity index is 1.65. The van der Waals surface area contributed by atoms with Crippen molar-refractivity contribution in [2.75, 3.05) is 37.7 Å². The van der Waals surface area contributed by atoms with Gasteiger partial charge >= 0.3 is 0 Å². The first-order chi connectivity index (χ1) is 11.3. The lowest BCUT2D eigenvalue weighted by atomic mass is 9.94. The van der Waals surface area contributed by atoms with Crippen LogP contribution >= 0.6 is 0 Å². The molecule has 2 aromatic rings. The van der Waals surface area contributed by atoms with Gasteiger partial charge in [0, 0.05) is 54.9 Å². The Morgan fingerprint density at radius 1 is 1.17 bits per heavy atom. The number of anilines is 1. The van der Waals surface area contributed by atoms with Crippen molar-refractivity contribution in [1.82, 2.24) is 9.88 Å². The molecule has 4 rings (SSSR count). The highest BCUT2D eigenvalue weighted by Gasteiger charge is 2.28. The van der Waals surface area contributed by atoms with E-state index in [0.29, 0.717) is 6.04 Å². The van der Waals surface area contributed by atoms with Crippen LogP contribution in [0.1, 0.15) is 18.4 Å². The number of benzene rings is 1. The zero-order chi connectivity index (χ0) is 15.8. The van der Waals surface area contributed by atoms with Crippen LogP contribution in [-0.4, -0.2) is 58.9 Å². The Kier molecular flexibility index (Phi) is 3.83. The Bertz CT molecular complexity index is 711. The van der Waals surface area contributed by atoms with Crippen LogP contribution in [0.25, 0.3) is 10.8 Å². The minimum Gasteiger partial charge on any atom is -0.493 e. The van der Waals surface area contributed by atoms with Crippen LogP contribution in [0, 0.1) is 0 Å². The van der Waals surface area contributed by atoms with Crippen LogP contribution in [0.5, 0.6) is 5.88 Å². The molecule has 0 saturated carbocycles. The van der Waals surface area contributed by atoms with Crippen LogP contribution in [0.15, 0.2) is 24.4 Å². The summed E-state index contributed by atoms with van der Waals surface area (Å²) in [4.78, 5) is 8.98. The number of hydrogen-bond acceptors (Lipinski definition) is 5. The molecular weight excluding hydrogens is 290 g/mol. The molecule has 0 unspecified atom stereocenters. The lowest BCUT2D eigenvalue weighted by Crippen LogP contribution is -2.47. The minimum absolute atomic E-state index is 0.130. The first-order valence-electron chi connectivity index (χ1n) is 8.47. The fraction of sp³-hybridized carbons (Fsp3) is 0.500. The fourth-order valence-electron chi connectivity index (χ4n) is 4.10. The summed E-state index contributed by atoms with van der Waals surface area (Å²) >= 11 is 0. The summed E-state index contributed by atoms with van der Waals surface area (Å²) in [5, 5.41) is 21.2. The van der Waals surface area contributed by atoms with Gasteiger partial charge in [-0.2, -0.15) is 0 Å². The van der Waals surface area contributed by atoms with Gasteiger partial charge in [-0.3, -0.25) is 0 Å². The first kappa shape index (κ1) is 14.7. The van der Waals surface area contributed by atoms with Crippen molar-refractivity contribution in [2.24, 2.45) is 0 Å². The molecule has 1 saturated heterocycles. The van der Waals surface area contributed by atoms with Crippen LogP contribution < -0.4 is 4.90 Å². The van der Waals surface area contributed by atoms with Gasteiger partial charge in [0.25, 0.3) is 0 Å². The summed E-state index contributed by atoms with van der Waals surface area (Å²) in [6.07, 6.45) is 5.06. The van der Waals surface area contributed by atoms with Crippen molar-refractivity contribution < 1.29 is 10.2 Å². The third kappa shape index (κ3) is 2.54. The number of aliphatic hydroxyl groups is 1. The van der Waals surface area contributed by atoms with E-state index in [1.165, 1.54) is 16.6 Å². The maximum absolute atomic E-state index is 10.1. The Morgan fingerprint density at radius 2 is 2.00 bits per heavy atom. The van der Waals surface area contributed by atoms with Gasteiger partial charge in [0.15, 0.2) is 0 Å². The quantitative estimate of drug-likeness (QED) is 0.904. The molecule has 0 radical (unpaired) electrons. The average molecular weight is 313 g/mol. The smallest absolute Gasteiger partial charge is 0.218 e. The third-order valence-corrected chi connectivity index (χ3v) is 5.29. The van der Waals surface area contributed by atoms with E-state index in [9.17, 15) is 5.11 Å². The SMILES string of the molecule is OCCN1CCC(N2CCc3cnc(O)c4cccc2c34)CC1. The number of likely N-dealkylation sites (tertiary alicyclic amines) is 1. The first-order valence-corrected chi connectivity index (χ1v) is 8.47. The topological polar surface area (TPSA) is 59.8 Å². The maximum atomic E-state index is 10.1. The number of rotatable bonds is 3. The van der Waals surface area contributed by atoms with Crippen molar-refractivity contribution in [3.63, 3.8) is 0 Å². The van der Waals surface area contributed by atoms with E-state index in [1.54, 1.807) is 0 Å². The molecule has 3 heterocycles. The molecule has 122 valence electrons. The van der Waals surface area contributed by atoms with Gasteiger partial charge in [-0.15, -0.1) is 0 Å². The normalized spacial score (nSPS) is 19.4. The van der Waals surface area contributed by atoms with Crippen LogP contribution in [0.4, 0.5) is 5.69 Å². The van der Waals surface area contributed by atoms with Gasteiger partial charge in [0.1, 0.15) is 0 Å². The summed E-state index contributed by atoms with van der Waals surface area (Å²) in [5.41, 5.74) is 2.48. The highest BCUT2D eigenvalue weighted by atomic mass is 16.3. The van der Waals surface area contributed by atoms with Crippen molar-refractivity contribution in [3.05, 3.63) is 30.0 Å². The number of piperidine rings is 1. The Hall–Kier alpha value is -1.85. The van der Waals surface area contributed by atoms with Gasteiger partial charge in [-0.1, -0.05) is 6.07 Å². The standard InChI is InChI=1S/C18H23N3O2/c22-11-10-20-7-5-14(6-8-20)21-9-4-13-12-19-18(23)15-2-1-3-16(21)17(13)15/h1-3,12,14,22H,4-11H2,(H,19,23). The van der Waals surface area contributed by atoms with E-state index < -0.39 is 0 Å². The highest BCUT2D eigenvalue weighted by molar-refractivity contribution is 6.00. The monoisotopic (exact) mass is 313 g/mol. The number of aliphatic hydroxyl groups excluding tert-OH is 1. The molecule has 5 heteroatoms. The molecule has 23 heavy (non-hydrogen) atoms. The molecule has 0 spiro atoms. The lowest BCUT2D eigenvalue weighted by Gasteiger charge is -2.42. The Labute approximate surface area is 136 Å². The van der Waals surface area contributed by atoms with Crippen LogP contribution in [0.2, 0.25) is 0 Å². The molecule has 1 fully saturated rings. The molecule has 0 aliphatic carbocycles. The molecular formula is C18H23N3O2. The highest BCUT2D eigenvalue weighted by Crippen LogP contribution is 2.38. The third-order valence-electron chi connectivity index (χ3n) is 5.29. The predicted molar refractivity (Wildman–Crippen MR) is 91.0 cm³/mol. The number of nitrogens with zero attached hydrogens (tertiary/aromatic N) is 3. The van der Waals surface area contributed by atoms with E-state index in [2.05, 4.69) is 20.9 Å². The number of hydrogen-bond donors (Lipinski definition) is 2. The Morgan fingerprint density at radius 3 is 2.78 bits per heavy atom.